The first-order chi connectivity index (χ1) is 16.1. The van der Waals surface area contributed by atoms with Crippen LogP contribution in [0.4, 0.5) is 0 Å². The fourth-order valence-corrected chi connectivity index (χ4v) is 7.11. The van der Waals surface area contributed by atoms with Gasteiger partial charge in [-0.2, -0.15) is 0 Å². The zero-order valence-corrected chi connectivity index (χ0v) is 22.2. The minimum absolute atomic E-state index is 0.00503. The highest BCUT2D eigenvalue weighted by Gasteiger charge is 2.23. The molecule has 1 N–H and O–H groups in total. The van der Waals surface area contributed by atoms with Gasteiger partial charge in [0.1, 0.15) is 12.1 Å². The number of aromatic hydroxyl groups is 1. The van der Waals surface area contributed by atoms with Crippen molar-refractivity contribution in [3.05, 3.63) is 64.2 Å². The monoisotopic (exact) mass is 486 g/mol. The summed E-state index contributed by atoms with van der Waals surface area (Å²) in [7, 11) is 0. The number of benzene rings is 2. The Morgan fingerprint density at radius 3 is 2.59 bits per heavy atom. The van der Waals surface area contributed by atoms with Gasteiger partial charge in [-0.15, -0.1) is 22.7 Å². The van der Waals surface area contributed by atoms with E-state index in [2.05, 4.69) is 76.2 Å². The fraction of sp³-hybridized carbons (Fsp3) is 0.310. The van der Waals surface area contributed by atoms with Crippen LogP contribution in [0.2, 0.25) is 0 Å². The van der Waals surface area contributed by atoms with Gasteiger partial charge in [-0.1, -0.05) is 34.6 Å². The van der Waals surface area contributed by atoms with E-state index in [1.165, 1.54) is 31.5 Å². The van der Waals surface area contributed by atoms with Gasteiger partial charge in [-0.25, -0.2) is 9.97 Å². The van der Waals surface area contributed by atoms with Crippen LogP contribution >= 0.6 is 22.7 Å². The Balaban J connectivity index is 1.79. The maximum atomic E-state index is 11.1. The van der Waals surface area contributed by atoms with Crippen LogP contribution in [0.15, 0.2) is 48.2 Å². The maximum absolute atomic E-state index is 11.1. The number of aromatic nitrogens is 2. The average molecular weight is 487 g/mol. The molecule has 0 bridgehead atoms. The first kappa shape index (κ1) is 23.0. The summed E-state index contributed by atoms with van der Waals surface area (Å²) in [4.78, 5) is 10.4. The number of aryl methyl sites for hydroxylation is 1. The number of thiophene rings is 2. The minimum Gasteiger partial charge on any atom is -0.507 e. The van der Waals surface area contributed by atoms with Crippen molar-refractivity contribution in [2.24, 2.45) is 5.92 Å². The molecule has 0 aliphatic carbocycles. The minimum atomic E-state index is 0.00503. The molecule has 0 aliphatic heterocycles. The lowest BCUT2D eigenvalue weighted by Crippen LogP contribution is -2.11. The van der Waals surface area contributed by atoms with Gasteiger partial charge in [0.15, 0.2) is 0 Å². The number of hydrogen-bond acceptors (Lipinski definition) is 5. The van der Waals surface area contributed by atoms with Crippen LogP contribution in [0, 0.1) is 12.8 Å². The van der Waals surface area contributed by atoms with Gasteiger partial charge in [0.2, 0.25) is 0 Å². The van der Waals surface area contributed by atoms with E-state index in [0.29, 0.717) is 5.92 Å². The van der Waals surface area contributed by atoms with Crippen LogP contribution < -0.4 is 0 Å². The predicted molar refractivity (Wildman–Crippen MR) is 147 cm³/mol. The van der Waals surface area contributed by atoms with Crippen molar-refractivity contribution in [1.82, 2.24) is 9.97 Å². The molecule has 0 saturated carbocycles. The van der Waals surface area contributed by atoms with Gasteiger partial charge in [-0.3, -0.25) is 0 Å². The standard InChI is InChI=1S/C29H30N2OS2/c1-16(2)11-21-17(3)34-28-20(21)7-8-24(32)25(28)22-14-30-15-31-26(22)19-12-18-9-10-33-27(18)23(13-19)29(4,5)6/h7-10,12-16,32H,11H2,1-6H3. The normalized spacial score (nSPS) is 12.3. The lowest BCUT2D eigenvalue weighted by Gasteiger charge is -2.21. The molecule has 0 spiro atoms. The van der Waals surface area contributed by atoms with Crippen molar-refractivity contribution in [3.8, 4) is 28.1 Å². The van der Waals surface area contributed by atoms with E-state index >= 15 is 0 Å². The zero-order valence-electron chi connectivity index (χ0n) is 20.6. The summed E-state index contributed by atoms with van der Waals surface area (Å²) < 4.78 is 2.43. The molecule has 34 heavy (non-hydrogen) atoms. The molecule has 0 atom stereocenters. The Morgan fingerprint density at radius 1 is 1.06 bits per heavy atom. The SMILES string of the molecule is Cc1sc2c(-c3cncnc3-c3cc(C(C)(C)C)c4sccc4c3)c(O)ccc2c1CC(C)C. The quantitative estimate of drug-likeness (QED) is 0.276. The summed E-state index contributed by atoms with van der Waals surface area (Å²) in [5.41, 5.74) is 6.31. The van der Waals surface area contributed by atoms with E-state index in [9.17, 15) is 5.11 Å². The van der Waals surface area contributed by atoms with Crippen molar-refractivity contribution in [3.63, 3.8) is 0 Å². The Kier molecular flexibility index (Phi) is 5.73. The molecule has 174 valence electrons. The molecule has 0 unspecified atom stereocenters. The number of phenolic OH excluding ortho intramolecular Hbond substituents is 1. The average Bonchev–Trinajstić information content (AvgIpc) is 3.36. The smallest absolute Gasteiger partial charge is 0.125 e. The van der Waals surface area contributed by atoms with E-state index in [-0.39, 0.29) is 11.2 Å². The molecule has 0 radical (unpaired) electrons. The second kappa shape index (κ2) is 8.47. The topological polar surface area (TPSA) is 46.0 Å². The number of fused-ring (bicyclic) bond motifs is 2. The van der Waals surface area contributed by atoms with Gasteiger partial charge >= 0.3 is 0 Å². The molecule has 3 heterocycles. The highest BCUT2D eigenvalue weighted by molar-refractivity contribution is 7.20. The molecular weight excluding hydrogens is 456 g/mol. The largest absolute Gasteiger partial charge is 0.507 e. The van der Waals surface area contributed by atoms with E-state index in [1.54, 1.807) is 29.0 Å². The molecule has 5 rings (SSSR count). The van der Waals surface area contributed by atoms with E-state index < -0.39 is 0 Å². The van der Waals surface area contributed by atoms with Crippen LogP contribution in [0.5, 0.6) is 5.75 Å². The molecule has 3 nitrogen and oxygen atoms in total. The van der Waals surface area contributed by atoms with Crippen molar-refractivity contribution in [1.29, 1.82) is 0 Å². The summed E-state index contributed by atoms with van der Waals surface area (Å²) in [6, 6.07) is 10.6. The molecule has 0 amide bonds. The summed E-state index contributed by atoms with van der Waals surface area (Å²) in [5.74, 6) is 0.839. The maximum Gasteiger partial charge on any atom is 0.125 e. The Hall–Kier alpha value is -2.76. The summed E-state index contributed by atoms with van der Waals surface area (Å²) in [5, 5.41) is 15.7. The van der Waals surface area contributed by atoms with Crippen molar-refractivity contribution < 1.29 is 5.11 Å². The third-order valence-electron chi connectivity index (χ3n) is 6.37. The number of hydrogen-bond donors (Lipinski definition) is 1. The molecule has 0 aliphatic rings. The molecule has 5 aromatic rings. The number of nitrogens with zero attached hydrogens (tertiary/aromatic N) is 2. The van der Waals surface area contributed by atoms with E-state index in [0.717, 1.165) is 33.5 Å². The van der Waals surface area contributed by atoms with Crippen molar-refractivity contribution in [2.75, 3.05) is 0 Å². The molecule has 0 saturated heterocycles. The van der Waals surface area contributed by atoms with Crippen LogP contribution in [-0.2, 0) is 11.8 Å². The van der Waals surface area contributed by atoms with Crippen LogP contribution in [0.25, 0.3) is 42.6 Å². The summed E-state index contributed by atoms with van der Waals surface area (Å²) in [6.45, 7) is 13.4. The van der Waals surface area contributed by atoms with Gasteiger partial charge in [0.25, 0.3) is 0 Å². The van der Waals surface area contributed by atoms with Crippen LogP contribution in [-0.4, -0.2) is 15.1 Å². The Labute approximate surface area is 209 Å². The summed E-state index contributed by atoms with van der Waals surface area (Å²) in [6.07, 6.45) is 4.48. The van der Waals surface area contributed by atoms with Crippen molar-refractivity contribution in [2.45, 2.75) is 53.4 Å². The first-order valence-corrected chi connectivity index (χ1v) is 13.4. The van der Waals surface area contributed by atoms with Gasteiger partial charge in [0.05, 0.1) is 5.69 Å². The highest BCUT2D eigenvalue weighted by atomic mass is 32.1. The summed E-state index contributed by atoms with van der Waals surface area (Å²) >= 11 is 3.55. The first-order valence-electron chi connectivity index (χ1n) is 11.7. The zero-order chi connectivity index (χ0) is 24.2. The van der Waals surface area contributed by atoms with Crippen LogP contribution in [0.3, 0.4) is 0 Å². The fourth-order valence-electron chi connectivity index (χ4n) is 4.76. The second-order valence-electron chi connectivity index (χ2n) is 10.5. The third kappa shape index (κ3) is 3.91. The van der Waals surface area contributed by atoms with E-state index in [4.69, 9.17) is 4.98 Å². The van der Waals surface area contributed by atoms with Gasteiger partial charge < -0.3 is 5.11 Å². The van der Waals surface area contributed by atoms with Crippen molar-refractivity contribution >= 4 is 42.8 Å². The Bertz CT molecular complexity index is 1520. The highest BCUT2D eigenvalue weighted by Crippen LogP contribution is 2.46. The lowest BCUT2D eigenvalue weighted by atomic mass is 9.84. The lowest BCUT2D eigenvalue weighted by molar-refractivity contribution is 0.478. The van der Waals surface area contributed by atoms with Crippen LogP contribution in [0.1, 0.15) is 50.6 Å². The predicted octanol–water partition coefficient (Wildman–Crippen LogP) is 8.75. The Morgan fingerprint density at radius 2 is 1.85 bits per heavy atom. The molecule has 3 aromatic heterocycles. The number of rotatable bonds is 4. The molecule has 0 fully saturated rings. The van der Waals surface area contributed by atoms with E-state index in [1.807, 2.05) is 12.3 Å². The molecular formula is C29H30N2OS2. The van der Waals surface area contributed by atoms with Gasteiger partial charge in [0, 0.05) is 37.2 Å². The second-order valence-corrected chi connectivity index (χ2v) is 12.6. The third-order valence-corrected chi connectivity index (χ3v) is 8.51. The molecule has 2 aromatic carbocycles. The van der Waals surface area contributed by atoms with Gasteiger partial charge in [-0.05, 0) is 82.3 Å². The number of phenols is 1. The molecule has 5 heteroatoms.